The van der Waals surface area contributed by atoms with Crippen molar-refractivity contribution in [1.82, 2.24) is 0 Å². The van der Waals surface area contributed by atoms with Crippen molar-refractivity contribution >= 4 is 21.6 Å². The summed E-state index contributed by atoms with van der Waals surface area (Å²) in [5.41, 5.74) is -1.83. The molecule has 2 aliphatic heterocycles. The van der Waals surface area contributed by atoms with Crippen LogP contribution >= 0.6 is 11.8 Å². The quantitative estimate of drug-likeness (QED) is 0.767. The molecule has 100 valence electrons. The molecule has 4 nitrogen and oxygen atoms in total. The van der Waals surface area contributed by atoms with E-state index in [0.717, 1.165) is 11.5 Å². The standard InChI is InChI=1S/C11H20O4S2/c12-8-10(2-1-7-17(14,15)9-10)11(13)3-5-16-6-4-11/h12-13H,1-9H2. The van der Waals surface area contributed by atoms with Crippen LogP contribution in [0.1, 0.15) is 25.7 Å². The summed E-state index contributed by atoms with van der Waals surface area (Å²) in [7, 11) is -3.12. The summed E-state index contributed by atoms with van der Waals surface area (Å²) in [6.07, 6.45) is 2.35. The Hall–Kier alpha value is 0.220. The van der Waals surface area contributed by atoms with Gasteiger partial charge in [0, 0.05) is 5.41 Å². The van der Waals surface area contributed by atoms with Crippen LogP contribution in [0, 0.1) is 5.41 Å². The number of hydrogen-bond donors (Lipinski definition) is 2. The third kappa shape index (κ3) is 2.50. The lowest BCUT2D eigenvalue weighted by atomic mass is 9.67. The second-order valence-electron chi connectivity index (χ2n) is 5.28. The smallest absolute Gasteiger partial charge is 0.151 e. The first-order valence-electron chi connectivity index (χ1n) is 6.05. The van der Waals surface area contributed by atoms with Gasteiger partial charge in [0.2, 0.25) is 0 Å². The molecule has 0 saturated carbocycles. The number of aliphatic hydroxyl groups is 2. The molecule has 2 saturated heterocycles. The molecule has 2 aliphatic rings. The van der Waals surface area contributed by atoms with E-state index < -0.39 is 20.9 Å². The first kappa shape index (κ1) is 13.6. The highest BCUT2D eigenvalue weighted by molar-refractivity contribution is 7.99. The van der Waals surface area contributed by atoms with E-state index in [0.29, 0.717) is 25.7 Å². The fraction of sp³-hybridized carbons (Fsp3) is 1.00. The summed E-state index contributed by atoms with van der Waals surface area (Å²) in [4.78, 5) is 0. The van der Waals surface area contributed by atoms with Crippen molar-refractivity contribution in [2.75, 3.05) is 29.6 Å². The Labute approximate surface area is 107 Å². The first-order chi connectivity index (χ1) is 7.93. The number of rotatable bonds is 2. The number of sulfone groups is 1. The van der Waals surface area contributed by atoms with Crippen LogP contribution in [0.5, 0.6) is 0 Å². The van der Waals surface area contributed by atoms with Crippen LogP contribution in [0.2, 0.25) is 0 Å². The van der Waals surface area contributed by atoms with Crippen LogP contribution in [0.3, 0.4) is 0 Å². The normalized spacial score (nSPS) is 36.6. The molecule has 2 rings (SSSR count). The van der Waals surface area contributed by atoms with Crippen molar-refractivity contribution in [2.45, 2.75) is 31.3 Å². The van der Waals surface area contributed by atoms with Gasteiger partial charge in [-0.3, -0.25) is 0 Å². The molecule has 0 aliphatic carbocycles. The topological polar surface area (TPSA) is 74.6 Å². The average molecular weight is 280 g/mol. The van der Waals surface area contributed by atoms with E-state index in [9.17, 15) is 18.6 Å². The van der Waals surface area contributed by atoms with Gasteiger partial charge in [-0.05, 0) is 37.2 Å². The molecule has 0 amide bonds. The molecule has 2 fully saturated rings. The maximum Gasteiger partial charge on any atom is 0.151 e. The van der Waals surface area contributed by atoms with Gasteiger partial charge in [-0.25, -0.2) is 8.42 Å². The van der Waals surface area contributed by atoms with E-state index in [1.807, 2.05) is 0 Å². The third-order valence-corrected chi connectivity index (χ3v) is 7.11. The second kappa shape index (κ2) is 4.72. The van der Waals surface area contributed by atoms with Crippen molar-refractivity contribution in [2.24, 2.45) is 5.41 Å². The van der Waals surface area contributed by atoms with Gasteiger partial charge < -0.3 is 10.2 Å². The molecule has 1 unspecified atom stereocenters. The highest BCUT2D eigenvalue weighted by Gasteiger charge is 2.53. The van der Waals surface area contributed by atoms with Crippen LogP contribution in [0.15, 0.2) is 0 Å². The number of thioether (sulfide) groups is 1. The minimum Gasteiger partial charge on any atom is -0.396 e. The molecule has 0 aromatic rings. The van der Waals surface area contributed by atoms with Crippen molar-refractivity contribution in [3.63, 3.8) is 0 Å². The molecule has 0 spiro atoms. The Balaban J connectivity index is 2.29. The van der Waals surface area contributed by atoms with Gasteiger partial charge in [-0.1, -0.05) is 0 Å². The molecule has 6 heteroatoms. The average Bonchev–Trinajstić information content (AvgIpc) is 2.28. The second-order valence-corrected chi connectivity index (χ2v) is 8.69. The Morgan fingerprint density at radius 2 is 1.82 bits per heavy atom. The Morgan fingerprint density at radius 3 is 2.35 bits per heavy atom. The molecular weight excluding hydrogens is 260 g/mol. The van der Waals surface area contributed by atoms with Crippen molar-refractivity contribution < 1.29 is 18.6 Å². The van der Waals surface area contributed by atoms with Crippen LogP contribution in [0.25, 0.3) is 0 Å². The van der Waals surface area contributed by atoms with E-state index in [1.165, 1.54) is 0 Å². The van der Waals surface area contributed by atoms with Gasteiger partial charge in [0.25, 0.3) is 0 Å². The van der Waals surface area contributed by atoms with Gasteiger partial charge >= 0.3 is 0 Å². The minimum absolute atomic E-state index is 0.0579. The zero-order valence-corrected chi connectivity index (χ0v) is 11.5. The zero-order valence-electron chi connectivity index (χ0n) is 9.89. The van der Waals surface area contributed by atoms with Gasteiger partial charge in [0.1, 0.15) is 0 Å². The predicted molar refractivity (Wildman–Crippen MR) is 68.9 cm³/mol. The van der Waals surface area contributed by atoms with Gasteiger partial charge in [0.05, 0.1) is 23.7 Å². The van der Waals surface area contributed by atoms with E-state index >= 15 is 0 Å². The summed E-state index contributed by atoms with van der Waals surface area (Å²) < 4.78 is 23.6. The molecule has 0 radical (unpaired) electrons. The predicted octanol–water partition coefficient (Wildman–Crippen LogP) is 0.432. The Kier molecular flexibility index (Phi) is 3.79. The molecule has 2 heterocycles. The molecule has 0 aromatic heterocycles. The lowest BCUT2D eigenvalue weighted by Gasteiger charge is -2.49. The van der Waals surface area contributed by atoms with Crippen molar-refractivity contribution in [3.8, 4) is 0 Å². The van der Waals surface area contributed by atoms with Crippen LogP contribution in [-0.2, 0) is 9.84 Å². The Bertz CT molecular complexity index is 373. The monoisotopic (exact) mass is 280 g/mol. The van der Waals surface area contributed by atoms with E-state index in [-0.39, 0.29) is 18.1 Å². The van der Waals surface area contributed by atoms with E-state index in [2.05, 4.69) is 0 Å². The largest absolute Gasteiger partial charge is 0.396 e. The van der Waals surface area contributed by atoms with Crippen molar-refractivity contribution in [1.29, 1.82) is 0 Å². The van der Waals surface area contributed by atoms with E-state index in [4.69, 9.17) is 0 Å². The number of aliphatic hydroxyl groups excluding tert-OH is 1. The SMILES string of the molecule is O=S1(=O)CCCC(CO)(C2(O)CCSCC2)C1. The van der Waals surface area contributed by atoms with E-state index in [1.54, 1.807) is 11.8 Å². The summed E-state index contributed by atoms with van der Waals surface area (Å²) in [6.45, 7) is -0.229. The lowest BCUT2D eigenvalue weighted by molar-refractivity contribution is -0.109. The molecular formula is C11H20O4S2. The molecule has 0 aromatic carbocycles. The highest BCUT2D eigenvalue weighted by Crippen LogP contribution is 2.47. The Morgan fingerprint density at radius 1 is 1.18 bits per heavy atom. The summed E-state index contributed by atoms with van der Waals surface area (Å²) >= 11 is 1.78. The summed E-state index contributed by atoms with van der Waals surface area (Å²) in [5, 5.41) is 20.4. The first-order valence-corrected chi connectivity index (χ1v) is 9.02. The highest BCUT2D eigenvalue weighted by atomic mass is 32.2. The van der Waals surface area contributed by atoms with Crippen LogP contribution in [0.4, 0.5) is 0 Å². The minimum atomic E-state index is -3.12. The maximum absolute atomic E-state index is 11.8. The van der Waals surface area contributed by atoms with Gasteiger partial charge in [-0.2, -0.15) is 11.8 Å². The lowest BCUT2D eigenvalue weighted by Crippen LogP contribution is -2.58. The molecule has 0 bridgehead atoms. The third-order valence-electron chi connectivity index (χ3n) is 4.22. The molecule has 1 atom stereocenters. The van der Waals surface area contributed by atoms with Crippen LogP contribution < -0.4 is 0 Å². The van der Waals surface area contributed by atoms with Gasteiger partial charge in [-0.15, -0.1) is 0 Å². The maximum atomic E-state index is 11.8. The fourth-order valence-electron chi connectivity index (χ4n) is 3.07. The van der Waals surface area contributed by atoms with Crippen LogP contribution in [-0.4, -0.2) is 53.9 Å². The van der Waals surface area contributed by atoms with Crippen molar-refractivity contribution in [3.05, 3.63) is 0 Å². The summed E-state index contributed by atoms with van der Waals surface area (Å²) in [5.74, 6) is 1.83. The fourth-order valence-corrected chi connectivity index (χ4v) is 6.32. The number of hydrogen-bond acceptors (Lipinski definition) is 5. The van der Waals surface area contributed by atoms with Gasteiger partial charge in [0.15, 0.2) is 9.84 Å². The molecule has 2 N–H and O–H groups in total. The summed E-state index contributed by atoms with van der Waals surface area (Å²) in [6, 6.07) is 0. The molecule has 17 heavy (non-hydrogen) atoms. The zero-order chi connectivity index (χ0) is 12.6.